The van der Waals surface area contributed by atoms with Crippen LogP contribution in [0.3, 0.4) is 0 Å². The van der Waals surface area contributed by atoms with Gasteiger partial charge in [0.05, 0.1) is 26.0 Å². The van der Waals surface area contributed by atoms with Crippen LogP contribution in [0.25, 0.3) is 0 Å². The third kappa shape index (κ3) is 4.06. The molecule has 1 aliphatic heterocycles. The maximum absolute atomic E-state index is 11.9. The van der Waals surface area contributed by atoms with E-state index in [2.05, 4.69) is 25.9 Å². The molecule has 1 saturated heterocycles. The van der Waals surface area contributed by atoms with Crippen molar-refractivity contribution in [1.82, 2.24) is 14.9 Å². The maximum atomic E-state index is 11.9. The van der Waals surface area contributed by atoms with E-state index in [4.69, 9.17) is 9.47 Å². The van der Waals surface area contributed by atoms with Crippen LogP contribution in [0.2, 0.25) is 0 Å². The highest BCUT2D eigenvalue weighted by atomic mass is 79.9. The van der Waals surface area contributed by atoms with Crippen LogP contribution in [0.5, 0.6) is 11.8 Å². The third-order valence-corrected chi connectivity index (χ3v) is 3.67. The third-order valence-electron chi connectivity index (χ3n) is 3.11. The largest absolute Gasteiger partial charge is 0.480 e. The molecule has 1 aliphatic rings. The highest BCUT2D eigenvalue weighted by Crippen LogP contribution is 2.18. The lowest BCUT2D eigenvalue weighted by Gasteiger charge is -2.16. The molecule has 0 aromatic carbocycles. The molecule has 1 atom stereocenters. The summed E-state index contributed by atoms with van der Waals surface area (Å²) in [5, 5.41) is 0.853. The lowest BCUT2D eigenvalue weighted by Crippen LogP contribution is -2.30. The fraction of sp³-hybridized carbons (Fsp3) is 0.615. The summed E-state index contributed by atoms with van der Waals surface area (Å²) < 4.78 is 10.7. The van der Waals surface area contributed by atoms with E-state index in [1.807, 2.05) is 4.90 Å². The van der Waals surface area contributed by atoms with Crippen LogP contribution in [-0.2, 0) is 4.79 Å². The minimum Gasteiger partial charge on any atom is -0.480 e. The average molecular weight is 344 g/mol. The molecule has 6 nitrogen and oxygen atoms in total. The number of hydrogen-bond acceptors (Lipinski definition) is 5. The highest BCUT2D eigenvalue weighted by Gasteiger charge is 2.27. The number of alkyl halides is 1. The molecule has 1 fully saturated rings. The first kappa shape index (κ1) is 15.0. The lowest BCUT2D eigenvalue weighted by atomic mass is 10.3. The molecule has 2 heterocycles. The van der Waals surface area contributed by atoms with Gasteiger partial charge in [-0.15, -0.1) is 0 Å². The summed E-state index contributed by atoms with van der Waals surface area (Å²) in [7, 11) is 1.54. The van der Waals surface area contributed by atoms with Gasteiger partial charge in [-0.1, -0.05) is 15.9 Å². The predicted octanol–water partition coefficient (Wildman–Crippen LogP) is 1.64. The second kappa shape index (κ2) is 7.42. The summed E-state index contributed by atoms with van der Waals surface area (Å²) in [5.41, 5.74) is 0. The smallest absolute Gasteiger partial charge is 0.235 e. The Morgan fingerprint density at radius 3 is 3.05 bits per heavy atom. The number of likely N-dealkylation sites (tertiary alicyclic amines) is 1. The van der Waals surface area contributed by atoms with Gasteiger partial charge in [0.25, 0.3) is 0 Å². The summed E-state index contributed by atoms with van der Waals surface area (Å²) in [6, 6.07) is 0. The topological polar surface area (TPSA) is 64.6 Å². The molecule has 0 N–H and O–H groups in total. The van der Waals surface area contributed by atoms with E-state index in [0.717, 1.165) is 24.7 Å². The van der Waals surface area contributed by atoms with Gasteiger partial charge in [-0.05, 0) is 6.42 Å². The standard InChI is InChI=1S/C13H18BrN3O3/c1-19-11-7-15-8-12(16-11)20-10-4-6-17(9-10)13(18)3-2-5-14/h7-8,10H,2-6,9H2,1H3. The molecule has 0 spiro atoms. The molecule has 0 radical (unpaired) electrons. The Bertz CT molecular complexity index is 458. The number of nitrogens with zero attached hydrogens (tertiary/aromatic N) is 3. The Hall–Kier alpha value is -1.37. The van der Waals surface area contributed by atoms with E-state index in [0.29, 0.717) is 24.7 Å². The Balaban J connectivity index is 1.85. The molecular formula is C13H18BrN3O3. The van der Waals surface area contributed by atoms with Gasteiger partial charge in [-0.3, -0.25) is 9.78 Å². The summed E-state index contributed by atoms with van der Waals surface area (Å²) in [6.45, 7) is 1.35. The Labute approximate surface area is 126 Å². The fourth-order valence-corrected chi connectivity index (χ4v) is 2.36. The van der Waals surface area contributed by atoms with Crippen molar-refractivity contribution in [3.63, 3.8) is 0 Å². The molecule has 0 aliphatic carbocycles. The zero-order valence-corrected chi connectivity index (χ0v) is 13.0. The highest BCUT2D eigenvalue weighted by molar-refractivity contribution is 9.09. The molecule has 1 aromatic rings. The van der Waals surface area contributed by atoms with Gasteiger partial charge in [0.2, 0.25) is 17.7 Å². The first-order valence-electron chi connectivity index (χ1n) is 6.59. The van der Waals surface area contributed by atoms with Crippen LogP contribution in [-0.4, -0.2) is 52.4 Å². The van der Waals surface area contributed by atoms with Crippen molar-refractivity contribution in [3.8, 4) is 11.8 Å². The molecule has 110 valence electrons. The van der Waals surface area contributed by atoms with E-state index in [1.54, 1.807) is 6.20 Å². The minimum atomic E-state index is -0.0238. The summed E-state index contributed by atoms with van der Waals surface area (Å²) >= 11 is 3.33. The first-order chi connectivity index (χ1) is 9.72. The van der Waals surface area contributed by atoms with Crippen LogP contribution in [0.15, 0.2) is 12.4 Å². The molecule has 0 saturated carbocycles. The van der Waals surface area contributed by atoms with Crippen molar-refractivity contribution in [2.24, 2.45) is 0 Å². The minimum absolute atomic E-state index is 0.0238. The second-order valence-corrected chi connectivity index (χ2v) is 5.35. The van der Waals surface area contributed by atoms with Gasteiger partial charge < -0.3 is 14.4 Å². The number of hydrogen-bond donors (Lipinski definition) is 0. The number of rotatable bonds is 6. The number of ether oxygens (including phenoxy) is 2. The molecule has 1 aromatic heterocycles. The van der Waals surface area contributed by atoms with Gasteiger partial charge >= 0.3 is 0 Å². The first-order valence-corrected chi connectivity index (χ1v) is 7.71. The number of carbonyl (C=O) groups is 1. The predicted molar refractivity (Wildman–Crippen MR) is 77.2 cm³/mol. The molecule has 0 bridgehead atoms. The van der Waals surface area contributed by atoms with Crippen LogP contribution in [0.4, 0.5) is 0 Å². The van der Waals surface area contributed by atoms with Gasteiger partial charge in [0, 0.05) is 24.7 Å². The fourth-order valence-electron chi connectivity index (χ4n) is 2.08. The Kier molecular flexibility index (Phi) is 5.58. The second-order valence-electron chi connectivity index (χ2n) is 4.56. The number of carbonyl (C=O) groups excluding carboxylic acids is 1. The van der Waals surface area contributed by atoms with Crippen molar-refractivity contribution in [2.45, 2.75) is 25.4 Å². The van der Waals surface area contributed by atoms with Gasteiger partial charge in [-0.2, -0.15) is 4.98 Å². The average Bonchev–Trinajstić information content (AvgIpc) is 2.93. The Morgan fingerprint density at radius 2 is 2.30 bits per heavy atom. The quantitative estimate of drug-likeness (QED) is 0.734. The van der Waals surface area contributed by atoms with Crippen molar-refractivity contribution in [3.05, 3.63) is 12.4 Å². The van der Waals surface area contributed by atoms with Crippen molar-refractivity contribution in [2.75, 3.05) is 25.5 Å². The van der Waals surface area contributed by atoms with E-state index >= 15 is 0 Å². The maximum Gasteiger partial charge on any atom is 0.235 e. The molecular weight excluding hydrogens is 326 g/mol. The lowest BCUT2D eigenvalue weighted by molar-refractivity contribution is -0.130. The molecule has 7 heteroatoms. The van der Waals surface area contributed by atoms with Crippen molar-refractivity contribution >= 4 is 21.8 Å². The summed E-state index contributed by atoms with van der Waals surface area (Å²) in [5.74, 6) is 1.04. The summed E-state index contributed by atoms with van der Waals surface area (Å²) in [6.07, 6.45) is 5.32. The molecule has 1 amide bonds. The van der Waals surface area contributed by atoms with Gasteiger partial charge in [-0.25, -0.2) is 0 Å². The van der Waals surface area contributed by atoms with Crippen molar-refractivity contribution in [1.29, 1.82) is 0 Å². The number of methoxy groups -OCH3 is 1. The molecule has 20 heavy (non-hydrogen) atoms. The number of amides is 1. The normalized spacial score (nSPS) is 18.1. The van der Waals surface area contributed by atoms with E-state index in [-0.39, 0.29) is 12.0 Å². The zero-order valence-electron chi connectivity index (χ0n) is 11.4. The van der Waals surface area contributed by atoms with Gasteiger partial charge in [0.1, 0.15) is 6.10 Å². The molecule has 1 unspecified atom stereocenters. The van der Waals surface area contributed by atoms with Crippen LogP contribution in [0, 0.1) is 0 Å². The summed E-state index contributed by atoms with van der Waals surface area (Å²) in [4.78, 5) is 21.9. The van der Waals surface area contributed by atoms with Crippen LogP contribution < -0.4 is 9.47 Å². The van der Waals surface area contributed by atoms with Crippen LogP contribution >= 0.6 is 15.9 Å². The number of aromatic nitrogens is 2. The van der Waals surface area contributed by atoms with E-state index in [1.165, 1.54) is 13.3 Å². The molecule has 2 rings (SSSR count). The Morgan fingerprint density at radius 1 is 1.50 bits per heavy atom. The van der Waals surface area contributed by atoms with Gasteiger partial charge in [0.15, 0.2) is 0 Å². The monoisotopic (exact) mass is 343 g/mol. The zero-order chi connectivity index (χ0) is 14.4. The van der Waals surface area contributed by atoms with Crippen LogP contribution in [0.1, 0.15) is 19.3 Å². The van der Waals surface area contributed by atoms with E-state index in [9.17, 15) is 4.79 Å². The number of halogens is 1. The van der Waals surface area contributed by atoms with E-state index < -0.39 is 0 Å². The van der Waals surface area contributed by atoms with Crippen molar-refractivity contribution < 1.29 is 14.3 Å². The SMILES string of the molecule is COc1cncc(OC2CCN(C(=O)CCCBr)C2)n1.